The number of amides is 1. The lowest BCUT2D eigenvalue weighted by Crippen LogP contribution is -2.27. The van der Waals surface area contributed by atoms with Gasteiger partial charge in [0.25, 0.3) is 0 Å². The van der Waals surface area contributed by atoms with E-state index in [0.717, 1.165) is 11.1 Å². The van der Waals surface area contributed by atoms with E-state index in [1.54, 1.807) is 18.4 Å². The summed E-state index contributed by atoms with van der Waals surface area (Å²) in [6, 6.07) is 5.42. The summed E-state index contributed by atoms with van der Waals surface area (Å²) in [5.74, 6) is -0.410. The summed E-state index contributed by atoms with van der Waals surface area (Å²) >= 11 is 0. The molecule has 0 bridgehead atoms. The summed E-state index contributed by atoms with van der Waals surface area (Å²) in [5.41, 5.74) is 7.90. The van der Waals surface area contributed by atoms with Crippen molar-refractivity contribution in [3.8, 4) is 0 Å². The molecular weight excluding hydrogens is 248 g/mol. The molecule has 2 atom stereocenters. The zero-order valence-electron chi connectivity index (χ0n) is 11.0. The summed E-state index contributed by atoms with van der Waals surface area (Å²) in [6.07, 6.45) is 1.71. The molecule has 1 aromatic carbocycles. The molecule has 0 spiro atoms. The highest BCUT2D eigenvalue weighted by Crippen LogP contribution is 2.10. The summed E-state index contributed by atoms with van der Waals surface area (Å²) in [6.45, 7) is 5.31. The lowest BCUT2D eigenvalue weighted by molar-refractivity contribution is 0.1000. The second kappa shape index (κ2) is 6.66. The van der Waals surface area contributed by atoms with Gasteiger partial charge in [0, 0.05) is 41.0 Å². The number of nitrogens with one attached hydrogen (secondary N) is 1. The minimum Gasteiger partial charge on any atom is -0.366 e. The van der Waals surface area contributed by atoms with E-state index in [2.05, 4.69) is 5.32 Å². The molecule has 18 heavy (non-hydrogen) atoms. The van der Waals surface area contributed by atoms with Crippen LogP contribution in [-0.2, 0) is 17.3 Å². The molecule has 4 nitrogen and oxygen atoms in total. The molecule has 0 aliphatic rings. The highest BCUT2D eigenvalue weighted by atomic mass is 32.2. The van der Waals surface area contributed by atoms with Crippen LogP contribution in [0.4, 0.5) is 0 Å². The van der Waals surface area contributed by atoms with E-state index >= 15 is 0 Å². The Morgan fingerprint density at radius 2 is 2.17 bits per heavy atom. The summed E-state index contributed by atoms with van der Waals surface area (Å²) in [7, 11) is -0.807. The molecule has 0 aliphatic carbocycles. The lowest BCUT2D eigenvalue weighted by atomic mass is 10.0. The van der Waals surface area contributed by atoms with Crippen LogP contribution in [0.2, 0.25) is 0 Å². The third-order valence-corrected chi connectivity index (χ3v) is 4.24. The Morgan fingerprint density at radius 1 is 1.50 bits per heavy atom. The first-order chi connectivity index (χ1) is 8.41. The summed E-state index contributed by atoms with van der Waals surface area (Å²) in [5, 5.41) is 3.40. The van der Waals surface area contributed by atoms with E-state index in [1.807, 2.05) is 19.9 Å². The topological polar surface area (TPSA) is 72.2 Å². The van der Waals surface area contributed by atoms with Crippen LogP contribution < -0.4 is 11.1 Å². The van der Waals surface area contributed by atoms with Crippen molar-refractivity contribution in [2.24, 2.45) is 5.73 Å². The van der Waals surface area contributed by atoms with Crippen LogP contribution >= 0.6 is 0 Å². The standard InChI is InChI=1S/C13H20N2O2S/c1-9-6-11(13(14)16)4-5-12(9)8-15-7-10(2)18(3)17/h4-6,10,15H,7-8H2,1-3H3,(H2,14,16). The van der Waals surface area contributed by atoms with Gasteiger partial charge in [0.15, 0.2) is 0 Å². The van der Waals surface area contributed by atoms with Crippen molar-refractivity contribution in [2.75, 3.05) is 12.8 Å². The lowest BCUT2D eigenvalue weighted by Gasteiger charge is -2.12. The molecule has 0 radical (unpaired) electrons. The average molecular weight is 268 g/mol. The third-order valence-electron chi connectivity index (χ3n) is 2.94. The SMILES string of the molecule is Cc1cc(C(N)=O)ccc1CNCC(C)S(C)=O. The Labute approximate surface area is 110 Å². The molecule has 100 valence electrons. The van der Waals surface area contributed by atoms with Crippen molar-refractivity contribution in [1.82, 2.24) is 5.32 Å². The number of carbonyl (C=O) groups is 1. The normalized spacial score (nSPS) is 14.2. The van der Waals surface area contributed by atoms with Gasteiger partial charge in [0.05, 0.1) is 0 Å². The molecule has 1 amide bonds. The highest BCUT2D eigenvalue weighted by Gasteiger charge is 2.07. The van der Waals surface area contributed by atoms with Gasteiger partial charge in [-0.1, -0.05) is 6.07 Å². The molecule has 3 N–H and O–H groups in total. The number of rotatable bonds is 6. The van der Waals surface area contributed by atoms with E-state index in [-0.39, 0.29) is 5.25 Å². The number of hydrogen-bond acceptors (Lipinski definition) is 3. The van der Waals surface area contributed by atoms with E-state index in [0.29, 0.717) is 18.7 Å². The molecule has 0 saturated carbocycles. The Kier molecular flexibility index (Phi) is 5.50. The largest absolute Gasteiger partial charge is 0.366 e. The van der Waals surface area contributed by atoms with E-state index in [9.17, 15) is 9.00 Å². The smallest absolute Gasteiger partial charge is 0.248 e. The Bertz CT molecular complexity index is 460. The zero-order chi connectivity index (χ0) is 13.7. The number of primary amides is 1. The quantitative estimate of drug-likeness (QED) is 0.807. The molecule has 2 unspecified atom stereocenters. The van der Waals surface area contributed by atoms with Gasteiger partial charge in [-0.15, -0.1) is 0 Å². The van der Waals surface area contributed by atoms with Gasteiger partial charge in [-0.05, 0) is 37.1 Å². The molecule has 0 fully saturated rings. The van der Waals surface area contributed by atoms with E-state index < -0.39 is 16.7 Å². The second-order valence-corrected chi connectivity index (χ2v) is 6.25. The molecule has 0 aromatic heterocycles. The van der Waals surface area contributed by atoms with Gasteiger partial charge < -0.3 is 11.1 Å². The fourth-order valence-electron chi connectivity index (χ4n) is 1.57. The van der Waals surface area contributed by atoms with Gasteiger partial charge >= 0.3 is 0 Å². The molecule has 0 aliphatic heterocycles. The monoisotopic (exact) mass is 268 g/mol. The van der Waals surface area contributed by atoms with Crippen molar-refractivity contribution in [3.05, 3.63) is 34.9 Å². The number of aryl methyl sites for hydroxylation is 1. The fraction of sp³-hybridized carbons (Fsp3) is 0.462. The molecular formula is C13H20N2O2S. The van der Waals surface area contributed by atoms with E-state index in [1.165, 1.54) is 0 Å². The maximum Gasteiger partial charge on any atom is 0.248 e. The van der Waals surface area contributed by atoms with Crippen molar-refractivity contribution < 1.29 is 9.00 Å². The first-order valence-corrected chi connectivity index (χ1v) is 7.46. The average Bonchev–Trinajstić information content (AvgIpc) is 2.30. The first-order valence-electron chi connectivity index (χ1n) is 5.84. The van der Waals surface area contributed by atoms with Crippen LogP contribution in [0.15, 0.2) is 18.2 Å². The van der Waals surface area contributed by atoms with Gasteiger partial charge in [0.1, 0.15) is 0 Å². The fourth-order valence-corrected chi connectivity index (χ4v) is 1.93. The predicted molar refractivity (Wildman–Crippen MR) is 74.9 cm³/mol. The van der Waals surface area contributed by atoms with Crippen LogP contribution in [0.3, 0.4) is 0 Å². The molecule has 1 aromatic rings. The number of nitrogens with two attached hydrogens (primary N) is 1. The molecule has 5 heteroatoms. The second-order valence-electron chi connectivity index (χ2n) is 4.45. The number of benzene rings is 1. The maximum atomic E-state index is 11.2. The molecule has 1 rings (SSSR count). The van der Waals surface area contributed by atoms with Crippen LogP contribution in [0, 0.1) is 6.92 Å². The maximum absolute atomic E-state index is 11.2. The predicted octanol–water partition coefficient (Wildman–Crippen LogP) is 0.951. The van der Waals surface area contributed by atoms with Gasteiger partial charge in [-0.25, -0.2) is 0 Å². The Balaban J connectivity index is 2.58. The van der Waals surface area contributed by atoms with Crippen molar-refractivity contribution in [3.63, 3.8) is 0 Å². The zero-order valence-corrected chi connectivity index (χ0v) is 11.8. The van der Waals surface area contributed by atoms with Crippen molar-refractivity contribution in [2.45, 2.75) is 25.6 Å². The van der Waals surface area contributed by atoms with Crippen LogP contribution in [0.1, 0.15) is 28.4 Å². The molecule has 0 heterocycles. The third kappa shape index (κ3) is 4.23. The molecule has 0 saturated heterocycles. The van der Waals surface area contributed by atoms with Crippen molar-refractivity contribution in [1.29, 1.82) is 0 Å². The van der Waals surface area contributed by atoms with Crippen LogP contribution in [-0.4, -0.2) is 28.2 Å². The minimum atomic E-state index is -0.807. The summed E-state index contributed by atoms with van der Waals surface area (Å²) in [4.78, 5) is 11.0. The minimum absolute atomic E-state index is 0.134. The Hall–Kier alpha value is -1.20. The number of hydrogen-bond donors (Lipinski definition) is 2. The highest BCUT2D eigenvalue weighted by molar-refractivity contribution is 7.84. The first kappa shape index (κ1) is 14.9. The van der Waals surface area contributed by atoms with E-state index in [4.69, 9.17) is 5.73 Å². The Morgan fingerprint density at radius 3 is 2.67 bits per heavy atom. The van der Waals surface area contributed by atoms with Gasteiger partial charge in [0.2, 0.25) is 5.91 Å². The number of carbonyl (C=O) groups excluding carboxylic acids is 1. The van der Waals surface area contributed by atoms with Gasteiger partial charge in [-0.3, -0.25) is 9.00 Å². The summed E-state index contributed by atoms with van der Waals surface area (Å²) < 4.78 is 11.2. The van der Waals surface area contributed by atoms with Crippen molar-refractivity contribution >= 4 is 16.7 Å². The van der Waals surface area contributed by atoms with Crippen LogP contribution in [0.25, 0.3) is 0 Å². The van der Waals surface area contributed by atoms with Crippen LogP contribution in [0.5, 0.6) is 0 Å². The van der Waals surface area contributed by atoms with Gasteiger partial charge in [-0.2, -0.15) is 0 Å².